The van der Waals surface area contributed by atoms with Gasteiger partial charge in [-0.3, -0.25) is 4.79 Å². The molecule has 0 aromatic rings. The van der Waals surface area contributed by atoms with Crippen LogP contribution in [0.25, 0.3) is 0 Å². The van der Waals surface area contributed by atoms with E-state index >= 15 is 0 Å². The second kappa shape index (κ2) is 11.3. The molecule has 5 aliphatic carbocycles. The molecule has 0 unspecified atom stereocenters. The Labute approximate surface area is 288 Å². The lowest BCUT2D eigenvalue weighted by molar-refractivity contribution is -0.364. The van der Waals surface area contributed by atoms with Crippen LogP contribution in [0.1, 0.15) is 92.9 Å². The lowest BCUT2D eigenvalue weighted by Crippen LogP contribution is -2.64. The van der Waals surface area contributed by atoms with Crippen LogP contribution >= 0.6 is 0 Å². The minimum Gasteiger partial charge on any atom is -0.462 e. The maximum atomic E-state index is 12.5. The molecule has 0 bridgehead atoms. The quantitative estimate of drug-likeness (QED) is 0.185. The molecule has 0 aromatic heterocycles. The molecular weight excluding hydrogens is 636 g/mol. The van der Waals surface area contributed by atoms with Gasteiger partial charge in [0.15, 0.2) is 12.6 Å². The van der Waals surface area contributed by atoms with E-state index in [0.717, 1.165) is 32.1 Å². The Morgan fingerprint density at radius 2 is 1.53 bits per heavy atom. The van der Waals surface area contributed by atoms with Crippen molar-refractivity contribution in [2.45, 2.75) is 167 Å². The number of esters is 1. The molecule has 3 heterocycles. The zero-order chi connectivity index (χ0) is 35.2. The van der Waals surface area contributed by atoms with E-state index in [-0.39, 0.29) is 58.3 Å². The van der Waals surface area contributed by atoms with Crippen molar-refractivity contribution in [3.8, 4) is 0 Å². The van der Waals surface area contributed by atoms with Crippen LogP contribution in [0.3, 0.4) is 0 Å². The van der Waals surface area contributed by atoms with E-state index in [1.165, 1.54) is 0 Å². The molecule has 6 N–H and O–H groups in total. The van der Waals surface area contributed by atoms with Crippen LogP contribution < -0.4 is 0 Å². The predicted molar refractivity (Wildman–Crippen MR) is 171 cm³/mol. The number of ether oxygens (including phenoxy) is 5. The van der Waals surface area contributed by atoms with Crippen LogP contribution in [0, 0.1) is 50.7 Å². The molecule has 8 aliphatic rings. The fourth-order valence-electron chi connectivity index (χ4n) is 13.9. The molecule has 8 rings (SSSR count). The van der Waals surface area contributed by atoms with E-state index in [4.69, 9.17) is 23.7 Å². The van der Waals surface area contributed by atoms with Gasteiger partial charge >= 0.3 is 5.97 Å². The topological polar surface area (TPSA) is 185 Å². The molecule has 12 nitrogen and oxygen atoms in total. The van der Waals surface area contributed by atoms with Crippen LogP contribution in [0.5, 0.6) is 0 Å². The summed E-state index contributed by atoms with van der Waals surface area (Å²) in [7, 11) is 0. The van der Waals surface area contributed by atoms with Gasteiger partial charge in [-0.1, -0.05) is 34.6 Å². The second-order valence-corrected chi connectivity index (χ2v) is 18.6. The van der Waals surface area contributed by atoms with Gasteiger partial charge in [0.25, 0.3) is 0 Å². The molecule has 12 heteroatoms. The van der Waals surface area contributed by atoms with E-state index in [1.54, 1.807) is 6.92 Å². The Balaban J connectivity index is 1.03. The van der Waals surface area contributed by atoms with Gasteiger partial charge in [-0.25, -0.2) is 0 Å². The number of carbonyl (C=O) groups is 1. The van der Waals surface area contributed by atoms with Crippen molar-refractivity contribution in [1.82, 2.24) is 0 Å². The van der Waals surface area contributed by atoms with Gasteiger partial charge in [-0.05, 0) is 96.7 Å². The first-order valence-electron chi connectivity index (χ1n) is 18.8. The SMILES string of the molecule is C[C@@H]1CC(=O)O[C@H]2C[C@@]3(C)[C@@H]4C[C@H](O)[C@H]5C(C)(C)[C@@H](O[C@@H]6OC[C@@H](O)[C@H](O)[C@H]6O[C@@H]6O[C@@H](C)[C@H](O)[C@@H](O)[C@H]6O)CC[C@@]56C[C@@]46CC[C@]3(C)[C@@H]12. The lowest BCUT2D eigenvalue weighted by atomic mass is 9.41. The Bertz CT molecular complexity index is 1330. The molecule has 8 fully saturated rings. The van der Waals surface area contributed by atoms with E-state index in [2.05, 4.69) is 34.6 Å². The summed E-state index contributed by atoms with van der Waals surface area (Å²) in [6.45, 7) is 12.8. The zero-order valence-electron chi connectivity index (χ0n) is 29.7. The Kier molecular flexibility index (Phi) is 8.09. The summed E-state index contributed by atoms with van der Waals surface area (Å²) in [6.07, 6.45) is -5.76. The van der Waals surface area contributed by atoms with Crippen molar-refractivity contribution in [2.75, 3.05) is 6.61 Å². The molecular formula is C37H58O12. The highest BCUT2D eigenvalue weighted by molar-refractivity contribution is 5.71. The van der Waals surface area contributed by atoms with Crippen molar-refractivity contribution in [2.24, 2.45) is 50.7 Å². The van der Waals surface area contributed by atoms with Crippen LogP contribution in [-0.2, 0) is 28.5 Å². The third kappa shape index (κ3) is 4.61. The summed E-state index contributed by atoms with van der Waals surface area (Å²) in [5.41, 5.74) is -0.383. The zero-order valence-corrected chi connectivity index (χ0v) is 29.7. The van der Waals surface area contributed by atoms with Crippen LogP contribution in [-0.4, -0.2) is 117 Å². The first kappa shape index (κ1) is 35.1. The van der Waals surface area contributed by atoms with Gasteiger partial charge < -0.3 is 54.3 Å². The number of hydrogen-bond donors (Lipinski definition) is 6. The van der Waals surface area contributed by atoms with Crippen LogP contribution in [0.2, 0.25) is 0 Å². The third-order valence-electron chi connectivity index (χ3n) is 16.2. The van der Waals surface area contributed by atoms with E-state index in [0.29, 0.717) is 31.1 Å². The van der Waals surface area contributed by atoms with Gasteiger partial charge in [0.1, 0.15) is 42.7 Å². The molecule has 3 aliphatic heterocycles. The Morgan fingerprint density at radius 1 is 0.796 bits per heavy atom. The summed E-state index contributed by atoms with van der Waals surface area (Å²) in [4.78, 5) is 12.5. The Hall–Kier alpha value is -0.930. The number of aliphatic hydroxyl groups excluding tert-OH is 6. The third-order valence-corrected chi connectivity index (χ3v) is 16.2. The molecule has 5 saturated carbocycles. The number of aliphatic hydroxyl groups is 6. The average molecular weight is 695 g/mol. The van der Waals surface area contributed by atoms with Crippen molar-refractivity contribution >= 4 is 5.97 Å². The highest BCUT2D eigenvalue weighted by Crippen LogP contribution is 2.89. The van der Waals surface area contributed by atoms with E-state index in [9.17, 15) is 35.4 Å². The fraction of sp³-hybridized carbons (Fsp3) is 0.973. The first-order chi connectivity index (χ1) is 22.9. The minimum absolute atomic E-state index is 0.0225. The highest BCUT2D eigenvalue weighted by atomic mass is 16.8. The lowest BCUT2D eigenvalue weighted by Gasteiger charge is -2.64. The van der Waals surface area contributed by atoms with Gasteiger partial charge in [0.05, 0.1) is 24.9 Å². The molecule has 3 saturated heterocycles. The van der Waals surface area contributed by atoms with Crippen molar-refractivity contribution in [3.63, 3.8) is 0 Å². The number of fused-ring (bicyclic) bond motifs is 4. The maximum absolute atomic E-state index is 12.5. The predicted octanol–water partition coefficient (Wildman–Crippen LogP) is 1.63. The maximum Gasteiger partial charge on any atom is 0.306 e. The first-order valence-corrected chi connectivity index (χ1v) is 18.8. The summed E-state index contributed by atoms with van der Waals surface area (Å²) < 4.78 is 30.3. The molecule has 0 radical (unpaired) electrons. The summed E-state index contributed by atoms with van der Waals surface area (Å²) in [5.74, 6) is 0.863. The molecule has 0 amide bonds. The standard InChI is InChI=1S/C37H58O12/c1-16-11-23(40)47-20-13-35(6)21-12-18(38)30-33(3,4)22(7-8-37(30)15-36(21,37)10-9-34(35,5)24(16)20)48-32-29(26(42)19(39)14-45-32)49-31-28(44)27(43)25(41)17(2)46-31/h16-22,24-32,38-39,41-44H,7-15H2,1-6H3/t16-,17+,18+,19-,20+,21+,22+,24+,25+,26+,27-,28-,29-,30+,31+,32+,34-,35+,36+,37-/m1/s1. The van der Waals surface area contributed by atoms with Crippen LogP contribution in [0.4, 0.5) is 0 Å². The monoisotopic (exact) mass is 694 g/mol. The van der Waals surface area contributed by atoms with Gasteiger partial charge in [-0.2, -0.15) is 0 Å². The molecule has 20 atom stereocenters. The van der Waals surface area contributed by atoms with Gasteiger partial charge in [-0.15, -0.1) is 0 Å². The molecule has 2 spiro atoms. The Morgan fingerprint density at radius 3 is 2.27 bits per heavy atom. The van der Waals surface area contributed by atoms with Gasteiger partial charge in [0.2, 0.25) is 0 Å². The largest absolute Gasteiger partial charge is 0.462 e. The highest BCUT2D eigenvalue weighted by Gasteiger charge is 2.84. The minimum atomic E-state index is -1.60. The average Bonchev–Trinajstić information content (AvgIpc) is 3.60. The van der Waals surface area contributed by atoms with Crippen molar-refractivity contribution < 1.29 is 59.1 Å². The summed E-state index contributed by atoms with van der Waals surface area (Å²) >= 11 is 0. The van der Waals surface area contributed by atoms with Gasteiger partial charge in [0, 0.05) is 12.3 Å². The second-order valence-electron chi connectivity index (χ2n) is 18.6. The van der Waals surface area contributed by atoms with E-state index < -0.39 is 66.8 Å². The molecule has 49 heavy (non-hydrogen) atoms. The van der Waals surface area contributed by atoms with E-state index in [1.807, 2.05) is 0 Å². The number of carbonyl (C=O) groups excluding carboxylic acids is 1. The molecule has 278 valence electrons. The van der Waals surface area contributed by atoms with Crippen molar-refractivity contribution in [3.05, 3.63) is 0 Å². The fourth-order valence-corrected chi connectivity index (χ4v) is 13.9. The van der Waals surface area contributed by atoms with Crippen LogP contribution in [0.15, 0.2) is 0 Å². The normalized spacial score (nSPS) is 60.6. The summed E-state index contributed by atoms with van der Waals surface area (Å²) in [5, 5.41) is 64.9. The smallest absolute Gasteiger partial charge is 0.306 e. The van der Waals surface area contributed by atoms with Crippen molar-refractivity contribution in [1.29, 1.82) is 0 Å². The number of rotatable bonds is 4. The summed E-state index contributed by atoms with van der Waals surface area (Å²) in [6, 6.07) is 0. The number of hydrogen-bond acceptors (Lipinski definition) is 12. The molecule has 0 aromatic carbocycles.